The number of pyridine rings is 2. The molecule has 2 aromatic heterocycles. The second-order valence-electron chi connectivity index (χ2n) is 8.61. The van der Waals surface area contributed by atoms with E-state index < -0.39 is 0 Å². The van der Waals surface area contributed by atoms with Crippen LogP contribution in [0.25, 0.3) is 22.2 Å². The minimum absolute atomic E-state index is 0.0322. The van der Waals surface area contributed by atoms with Gasteiger partial charge in [-0.15, -0.1) is 0 Å². The zero-order valence-electron chi connectivity index (χ0n) is 19.2. The fraction of sp³-hybridized carbons (Fsp3) is 0.185. The number of rotatable bonds is 5. The molecule has 2 aromatic carbocycles. The highest BCUT2D eigenvalue weighted by Gasteiger charge is 2.25. The number of hydrogen-bond acceptors (Lipinski definition) is 5. The third kappa shape index (κ3) is 4.08. The normalized spacial score (nSPS) is 12.8. The summed E-state index contributed by atoms with van der Waals surface area (Å²) in [6.45, 7) is 4.47. The Bertz CT molecular complexity index is 1430. The van der Waals surface area contributed by atoms with Crippen LogP contribution >= 0.6 is 0 Å². The van der Waals surface area contributed by atoms with Gasteiger partial charge in [0.15, 0.2) is 5.65 Å². The van der Waals surface area contributed by atoms with Gasteiger partial charge in [0.2, 0.25) is 0 Å². The average molecular weight is 453 g/mol. The van der Waals surface area contributed by atoms with Gasteiger partial charge < -0.3 is 15.0 Å². The van der Waals surface area contributed by atoms with Crippen molar-refractivity contribution in [3.05, 3.63) is 83.6 Å². The zero-order chi connectivity index (χ0) is 23.8. The van der Waals surface area contributed by atoms with Gasteiger partial charge in [-0.25, -0.2) is 9.97 Å². The van der Waals surface area contributed by atoms with Gasteiger partial charge in [-0.1, -0.05) is 6.07 Å². The molecular weight excluding hydrogens is 428 g/mol. The van der Waals surface area contributed by atoms with Gasteiger partial charge in [-0.05, 0) is 79.6 Å². The summed E-state index contributed by atoms with van der Waals surface area (Å²) >= 11 is 0. The second kappa shape index (κ2) is 8.59. The first-order valence-electron chi connectivity index (χ1n) is 11.1. The van der Waals surface area contributed by atoms with Crippen molar-refractivity contribution in [1.29, 1.82) is 0 Å². The van der Waals surface area contributed by atoms with Crippen LogP contribution in [0.4, 0.5) is 5.82 Å². The molecular formula is C27H24N4O3. The minimum Gasteiger partial charge on any atom is -0.490 e. The van der Waals surface area contributed by atoms with Gasteiger partial charge in [0, 0.05) is 41.9 Å². The van der Waals surface area contributed by atoms with E-state index in [1.165, 1.54) is 0 Å². The summed E-state index contributed by atoms with van der Waals surface area (Å²) in [4.78, 5) is 35.6. The van der Waals surface area contributed by atoms with Crippen molar-refractivity contribution < 1.29 is 14.3 Å². The lowest BCUT2D eigenvalue weighted by atomic mass is 9.98. The van der Waals surface area contributed by atoms with Crippen LogP contribution in [-0.4, -0.2) is 39.8 Å². The first-order valence-corrected chi connectivity index (χ1v) is 11.1. The number of aromatic nitrogens is 2. The molecule has 4 aromatic rings. The molecule has 1 N–H and O–H groups in total. The standard InChI is InChI=1S/C27H24N4O3/c1-16(2)34-23-14-19(26(32)30-24-11-8-17-5-4-12-28-25(17)29-24)7-9-21(23)18-6-10-22-20(13-18)15-31(3)27(22)33/h4-14,16H,15H2,1-3H3,(H,28,29,30,32). The van der Waals surface area contributed by atoms with Gasteiger partial charge in [0.05, 0.1) is 6.10 Å². The fourth-order valence-corrected chi connectivity index (χ4v) is 4.10. The third-order valence-corrected chi connectivity index (χ3v) is 5.71. The zero-order valence-corrected chi connectivity index (χ0v) is 19.2. The van der Waals surface area contributed by atoms with E-state index in [4.69, 9.17) is 4.74 Å². The molecule has 34 heavy (non-hydrogen) atoms. The number of ether oxygens (including phenoxy) is 1. The Morgan fingerprint density at radius 2 is 1.88 bits per heavy atom. The second-order valence-corrected chi connectivity index (χ2v) is 8.61. The van der Waals surface area contributed by atoms with Gasteiger partial charge in [-0.2, -0.15) is 0 Å². The highest BCUT2D eigenvalue weighted by Crippen LogP contribution is 2.35. The molecule has 0 unspecified atom stereocenters. The summed E-state index contributed by atoms with van der Waals surface area (Å²) < 4.78 is 6.08. The Hall–Kier alpha value is -4.26. The minimum atomic E-state index is -0.288. The topological polar surface area (TPSA) is 84.4 Å². The molecule has 170 valence electrons. The van der Waals surface area contributed by atoms with E-state index in [1.54, 1.807) is 36.3 Å². The molecule has 0 aliphatic carbocycles. The maximum atomic E-state index is 13.0. The SMILES string of the molecule is CC(C)Oc1cc(C(=O)Nc2ccc3cccnc3n2)ccc1-c1ccc2c(c1)CN(C)C2=O. The smallest absolute Gasteiger partial charge is 0.256 e. The van der Waals surface area contributed by atoms with Crippen LogP contribution in [0.15, 0.2) is 66.9 Å². The van der Waals surface area contributed by atoms with Crippen molar-refractivity contribution >= 4 is 28.7 Å². The van der Waals surface area contributed by atoms with Crippen molar-refractivity contribution in [2.45, 2.75) is 26.5 Å². The summed E-state index contributed by atoms with van der Waals surface area (Å²) in [5.41, 5.74) is 4.54. The molecule has 0 saturated carbocycles. The molecule has 7 heteroatoms. The predicted octanol–water partition coefficient (Wildman–Crippen LogP) is 4.92. The molecule has 0 atom stereocenters. The van der Waals surface area contributed by atoms with Crippen LogP contribution in [0.3, 0.4) is 0 Å². The maximum Gasteiger partial charge on any atom is 0.256 e. The van der Waals surface area contributed by atoms with Crippen LogP contribution in [-0.2, 0) is 6.54 Å². The van der Waals surface area contributed by atoms with Gasteiger partial charge in [-0.3, -0.25) is 9.59 Å². The number of amides is 2. The van der Waals surface area contributed by atoms with E-state index in [-0.39, 0.29) is 17.9 Å². The summed E-state index contributed by atoms with van der Waals surface area (Å²) in [6.07, 6.45) is 1.59. The van der Waals surface area contributed by atoms with Gasteiger partial charge >= 0.3 is 0 Å². The molecule has 1 aliphatic rings. The van der Waals surface area contributed by atoms with E-state index in [0.717, 1.165) is 27.6 Å². The lowest BCUT2D eigenvalue weighted by molar-refractivity contribution is 0.0816. The number of nitrogens with zero attached hydrogens (tertiary/aromatic N) is 3. The Kier molecular flexibility index (Phi) is 5.45. The van der Waals surface area contributed by atoms with Crippen LogP contribution in [0.2, 0.25) is 0 Å². The highest BCUT2D eigenvalue weighted by molar-refractivity contribution is 6.05. The molecule has 3 heterocycles. The number of fused-ring (bicyclic) bond motifs is 2. The predicted molar refractivity (Wildman–Crippen MR) is 131 cm³/mol. The molecule has 0 radical (unpaired) electrons. The number of benzene rings is 2. The Balaban J connectivity index is 1.46. The number of anilines is 1. The molecule has 0 fully saturated rings. The molecule has 1 aliphatic heterocycles. The van der Waals surface area contributed by atoms with Crippen LogP contribution in [0, 0.1) is 0 Å². The summed E-state index contributed by atoms with van der Waals surface area (Å²) in [5, 5.41) is 3.75. The van der Waals surface area contributed by atoms with E-state index >= 15 is 0 Å². The van der Waals surface area contributed by atoms with Crippen molar-refractivity contribution in [1.82, 2.24) is 14.9 Å². The maximum absolute atomic E-state index is 13.0. The molecule has 0 spiro atoms. The largest absolute Gasteiger partial charge is 0.490 e. The van der Waals surface area contributed by atoms with E-state index in [9.17, 15) is 9.59 Å². The third-order valence-electron chi connectivity index (χ3n) is 5.71. The molecule has 7 nitrogen and oxygen atoms in total. The number of carbonyl (C=O) groups excluding carboxylic acids is 2. The Morgan fingerprint density at radius 1 is 1.06 bits per heavy atom. The Morgan fingerprint density at radius 3 is 2.71 bits per heavy atom. The molecule has 0 bridgehead atoms. The molecule has 5 rings (SSSR count). The first-order chi connectivity index (χ1) is 16.4. The van der Waals surface area contributed by atoms with E-state index in [0.29, 0.717) is 29.3 Å². The van der Waals surface area contributed by atoms with Crippen molar-refractivity contribution in [2.24, 2.45) is 0 Å². The first kappa shape index (κ1) is 21.6. The van der Waals surface area contributed by atoms with Crippen molar-refractivity contribution in [3.63, 3.8) is 0 Å². The van der Waals surface area contributed by atoms with Crippen molar-refractivity contribution in [3.8, 4) is 16.9 Å². The summed E-state index contributed by atoms with van der Waals surface area (Å²) in [6, 6.07) is 18.6. The van der Waals surface area contributed by atoms with Gasteiger partial charge in [0.1, 0.15) is 11.6 Å². The van der Waals surface area contributed by atoms with E-state index in [2.05, 4.69) is 15.3 Å². The number of carbonyl (C=O) groups is 2. The van der Waals surface area contributed by atoms with Crippen LogP contribution < -0.4 is 10.1 Å². The number of nitrogens with one attached hydrogen (secondary N) is 1. The summed E-state index contributed by atoms with van der Waals surface area (Å²) in [5.74, 6) is 0.779. The monoisotopic (exact) mass is 452 g/mol. The average Bonchev–Trinajstić information content (AvgIpc) is 3.11. The van der Waals surface area contributed by atoms with Crippen LogP contribution in [0.1, 0.15) is 40.1 Å². The number of hydrogen-bond donors (Lipinski definition) is 1. The molecule has 2 amide bonds. The lowest BCUT2D eigenvalue weighted by Gasteiger charge is -2.16. The van der Waals surface area contributed by atoms with Crippen molar-refractivity contribution in [2.75, 3.05) is 12.4 Å². The van der Waals surface area contributed by atoms with E-state index in [1.807, 2.05) is 56.3 Å². The fourth-order valence-electron chi connectivity index (χ4n) is 4.10. The van der Waals surface area contributed by atoms with Gasteiger partial charge in [0.25, 0.3) is 11.8 Å². The summed E-state index contributed by atoms with van der Waals surface area (Å²) in [7, 11) is 1.79. The van der Waals surface area contributed by atoms with Crippen LogP contribution in [0.5, 0.6) is 5.75 Å². The molecule has 0 saturated heterocycles. The Labute approximate surface area is 197 Å². The lowest BCUT2D eigenvalue weighted by Crippen LogP contribution is -2.17. The quantitative estimate of drug-likeness (QED) is 0.465. The highest BCUT2D eigenvalue weighted by atomic mass is 16.5.